The summed E-state index contributed by atoms with van der Waals surface area (Å²) in [5.74, 6) is 0.262. The van der Waals surface area contributed by atoms with Gasteiger partial charge in [-0.2, -0.15) is 0 Å². The van der Waals surface area contributed by atoms with Gasteiger partial charge in [-0.25, -0.2) is 4.98 Å². The number of nitrogens with zero attached hydrogens (tertiary/aromatic N) is 3. The van der Waals surface area contributed by atoms with Crippen molar-refractivity contribution in [3.05, 3.63) is 17.3 Å². The molecule has 3 N–H and O–H groups in total. The van der Waals surface area contributed by atoms with Gasteiger partial charge in [0, 0.05) is 18.1 Å². The summed E-state index contributed by atoms with van der Waals surface area (Å²) < 4.78 is 1.85. The highest BCUT2D eigenvalue weighted by atomic mass is 32.1. The van der Waals surface area contributed by atoms with Gasteiger partial charge in [0.05, 0.1) is 18.8 Å². The minimum absolute atomic E-state index is 0.116. The quantitative estimate of drug-likeness (QED) is 0.793. The lowest BCUT2D eigenvalue weighted by Crippen LogP contribution is -2.35. The Labute approximate surface area is 115 Å². The Kier molecular flexibility index (Phi) is 4.39. The third-order valence-electron chi connectivity index (χ3n) is 2.92. The monoisotopic (exact) mass is 282 g/mol. The molecule has 0 aliphatic rings. The van der Waals surface area contributed by atoms with E-state index < -0.39 is 5.91 Å². The zero-order valence-electron chi connectivity index (χ0n) is 10.9. The molecule has 0 aliphatic heterocycles. The maximum Gasteiger partial charge on any atom is 0.236 e. The van der Waals surface area contributed by atoms with Gasteiger partial charge in [0.15, 0.2) is 10.8 Å². The molecular formula is C12H18N4O2S. The normalized spacial score (nSPS) is 11.1. The van der Waals surface area contributed by atoms with Crippen LogP contribution in [0.3, 0.4) is 0 Å². The number of imidazole rings is 1. The first-order valence-corrected chi connectivity index (χ1v) is 7.13. The number of aromatic nitrogens is 2. The van der Waals surface area contributed by atoms with E-state index >= 15 is 0 Å². The van der Waals surface area contributed by atoms with E-state index in [1.165, 1.54) is 11.3 Å². The summed E-state index contributed by atoms with van der Waals surface area (Å²) in [7, 11) is 0. The molecule has 1 amide bonds. The fraction of sp³-hybridized carbons (Fsp3) is 0.500. The van der Waals surface area contributed by atoms with E-state index in [0.29, 0.717) is 18.1 Å². The third-order valence-corrected chi connectivity index (χ3v) is 3.67. The summed E-state index contributed by atoms with van der Waals surface area (Å²) in [6.07, 6.45) is 3.83. The molecule has 6 nitrogen and oxygen atoms in total. The molecule has 0 spiro atoms. The SMILES string of the molecule is CCCCN(CC(N)=O)c1nc2sccn2c1CO. The van der Waals surface area contributed by atoms with Crippen molar-refractivity contribution < 1.29 is 9.90 Å². The first-order valence-electron chi connectivity index (χ1n) is 6.26. The number of thiazole rings is 1. The van der Waals surface area contributed by atoms with Crippen LogP contribution in [-0.2, 0) is 11.4 Å². The van der Waals surface area contributed by atoms with Gasteiger partial charge in [-0.15, -0.1) is 11.3 Å². The molecule has 0 aliphatic carbocycles. The van der Waals surface area contributed by atoms with Crippen LogP contribution in [0.25, 0.3) is 4.96 Å². The lowest BCUT2D eigenvalue weighted by Gasteiger charge is -2.21. The zero-order chi connectivity index (χ0) is 13.8. The number of fused-ring (bicyclic) bond motifs is 1. The van der Waals surface area contributed by atoms with E-state index in [0.717, 1.165) is 17.8 Å². The van der Waals surface area contributed by atoms with Crippen LogP contribution in [0.4, 0.5) is 5.82 Å². The number of unbranched alkanes of at least 4 members (excludes halogenated alkanes) is 1. The molecule has 0 saturated carbocycles. The Hall–Kier alpha value is -1.60. The van der Waals surface area contributed by atoms with E-state index in [2.05, 4.69) is 11.9 Å². The highest BCUT2D eigenvalue weighted by Crippen LogP contribution is 2.25. The molecule has 0 unspecified atom stereocenters. The zero-order valence-corrected chi connectivity index (χ0v) is 11.7. The van der Waals surface area contributed by atoms with Gasteiger partial charge in [-0.05, 0) is 6.42 Å². The predicted octanol–water partition coefficient (Wildman–Crippen LogP) is 0.980. The number of primary amides is 1. The lowest BCUT2D eigenvalue weighted by molar-refractivity contribution is -0.116. The molecule has 0 atom stereocenters. The van der Waals surface area contributed by atoms with Crippen LogP contribution < -0.4 is 10.6 Å². The van der Waals surface area contributed by atoms with Gasteiger partial charge in [0.1, 0.15) is 0 Å². The van der Waals surface area contributed by atoms with E-state index in [-0.39, 0.29) is 13.2 Å². The minimum Gasteiger partial charge on any atom is -0.390 e. The topological polar surface area (TPSA) is 83.9 Å². The van der Waals surface area contributed by atoms with Gasteiger partial charge in [-0.3, -0.25) is 9.20 Å². The fourth-order valence-electron chi connectivity index (χ4n) is 2.02. The number of aliphatic hydroxyl groups excluding tert-OH is 1. The largest absolute Gasteiger partial charge is 0.390 e. The standard InChI is InChI=1S/C12H18N4O2S/c1-2-3-4-15(7-10(13)18)11-9(8-17)16-5-6-19-12(16)14-11/h5-6,17H,2-4,7-8H2,1H3,(H2,13,18). The first-order chi connectivity index (χ1) is 9.17. The van der Waals surface area contributed by atoms with Crippen molar-refractivity contribution in [1.82, 2.24) is 9.38 Å². The summed E-state index contributed by atoms with van der Waals surface area (Å²) >= 11 is 1.50. The number of hydrogen-bond acceptors (Lipinski definition) is 5. The van der Waals surface area contributed by atoms with Crippen molar-refractivity contribution in [3.8, 4) is 0 Å². The highest BCUT2D eigenvalue weighted by Gasteiger charge is 2.19. The van der Waals surface area contributed by atoms with Crippen LogP contribution in [-0.4, -0.2) is 33.5 Å². The molecule has 0 fully saturated rings. The van der Waals surface area contributed by atoms with Gasteiger partial charge in [0.2, 0.25) is 5.91 Å². The number of nitrogens with two attached hydrogens (primary N) is 1. The molecule has 2 heterocycles. The van der Waals surface area contributed by atoms with Crippen LogP contribution in [0.2, 0.25) is 0 Å². The van der Waals surface area contributed by atoms with Crippen molar-refractivity contribution in [1.29, 1.82) is 0 Å². The minimum atomic E-state index is -0.392. The number of anilines is 1. The van der Waals surface area contributed by atoms with E-state index in [1.54, 1.807) is 0 Å². The van der Waals surface area contributed by atoms with Crippen molar-refractivity contribution in [2.24, 2.45) is 5.73 Å². The first kappa shape index (κ1) is 13.8. The average molecular weight is 282 g/mol. The molecule has 2 rings (SSSR count). The average Bonchev–Trinajstić information content (AvgIpc) is 2.93. The summed E-state index contributed by atoms with van der Waals surface area (Å²) in [5.41, 5.74) is 5.99. The van der Waals surface area contributed by atoms with Crippen LogP contribution >= 0.6 is 11.3 Å². The van der Waals surface area contributed by atoms with E-state index in [1.807, 2.05) is 20.9 Å². The Morgan fingerprint density at radius 1 is 1.63 bits per heavy atom. The molecule has 0 saturated heterocycles. The number of amides is 1. The van der Waals surface area contributed by atoms with Crippen LogP contribution in [0.1, 0.15) is 25.5 Å². The lowest BCUT2D eigenvalue weighted by atomic mass is 10.3. The number of carbonyl (C=O) groups excluding carboxylic acids is 1. The third kappa shape index (κ3) is 2.87. The number of carbonyl (C=O) groups is 1. The molecule has 19 heavy (non-hydrogen) atoms. The van der Waals surface area contributed by atoms with E-state index in [4.69, 9.17) is 5.73 Å². The second-order valence-electron chi connectivity index (χ2n) is 4.34. The summed E-state index contributed by atoms with van der Waals surface area (Å²) in [6.45, 7) is 2.80. The molecule has 0 radical (unpaired) electrons. The Balaban J connectivity index is 2.35. The number of hydrogen-bond donors (Lipinski definition) is 2. The summed E-state index contributed by atoms with van der Waals surface area (Å²) in [6, 6.07) is 0. The summed E-state index contributed by atoms with van der Waals surface area (Å²) in [4.78, 5) is 18.3. The fourth-order valence-corrected chi connectivity index (χ4v) is 2.75. The molecule has 2 aromatic rings. The molecule has 104 valence electrons. The summed E-state index contributed by atoms with van der Waals surface area (Å²) in [5, 5.41) is 11.4. The number of aliphatic hydroxyl groups is 1. The molecule has 7 heteroatoms. The van der Waals surface area contributed by atoms with Crippen molar-refractivity contribution in [3.63, 3.8) is 0 Å². The van der Waals surface area contributed by atoms with E-state index in [9.17, 15) is 9.90 Å². The molecule has 0 bridgehead atoms. The van der Waals surface area contributed by atoms with Gasteiger partial charge < -0.3 is 15.7 Å². The van der Waals surface area contributed by atoms with Crippen molar-refractivity contribution >= 4 is 28.0 Å². The van der Waals surface area contributed by atoms with Crippen molar-refractivity contribution in [2.45, 2.75) is 26.4 Å². The molecule has 0 aromatic carbocycles. The van der Waals surface area contributed by atoms with Crippen molar-refractivity contribution in [2.75, 3.05) is 18.0 Å². The number of rotatable bonds is 7. The maximum atomic E-state index is 11.2. The predicted molar refractivity (Wildman–Crippen MR) is 75.3 cm³/mol. The Bertz CT molecular complexity index is 563. The molecular weight excluding hydrogens is 264 g/mol. The highest BCUT2D eigenvalue weighted by molar-refractivity contribution is 7.15. The maximum absolute atomic E-state index is 11.2. The second kappa shape index (κ2) is 6.03. The van der Waals surface area contributed by atoms with Crippen LogP contribution in [0.5, 0.6) is 0 Å². The Morgan fingerprint density at radius 3 is 3.05 bits per heavy atom. The van der Waals surface area contributed by atoms with Crippen LogP contribution in [0, 0.1) is 0 Å². The second-order valence-corrected chi connectivity index (χ2v) is 5.21. The smallest absolute Gasteiger partial charge is 0.236 e. The Morgan fingerprint density at radius 2 is 2.42 bits per heavy atom. The van der Waals surface area contributed by atoms with Crippen LogP contribution in [0.15, 0.2) is 11.6 Å². The van der Waals surface area contributed by atoms with Gasteiger partial charge >= 0.3 is 0 Å². The van der Waals surface area contributed by atoms with Gasteiger partial charge in [-0.1, -0.05) is 13.3 Å². The van der Waals surface area contributed by atoms with Gasteiger partial charge in [0.25, 0.3) is 0 Å². The molecule has 2 aromatic heterocycles.